The summed E-state index contributed by atoms with van der Waals surface area (Å²) in [5.74, 6) is 0. The van der Waals surface area contributed by atoms with Gasteiger partial charge in [-0.05, 0) is 24.1 Å². The van der Waals surface area contributed by atoms with Crippen LogP contribution in [-0.4, -0.2) is 6.04 Å². The Morgan fingerprint density at radius 3 is 2.24 bits per heavy atom. The van der Waals surface area contributed by atoms with Crippen LogP contribution in [0.15, 0.2) is 48.5 Å². The van der Waals surface area contributed by atoms with Gasteiger partial charge in [0, 0.05) is 21.7 Å². The van der Waals surface area contributed by atoms with E-state index in [-0.39, 0.29) is 12.1 Å². The van der Waals surface area contributed by atoms with E-state index in [0.717, 1.165) is 17.5 Å². The van der Waals surface area contributed by atoms with E-state index in [1.165, 1.54) is 0 Å². The fraction of sp³-hybridized carbons (Fsp3) is 0.294. The Balaban J connectivity index is 2.18. The molecule has 0 saturated carbocycles. The Labute approximate surface area is 135 Å². The standard InChI is InChI=1S/C17H19Cl2NO/c1-2-16(20)17(13-8-4-6-10-15(13)19)21-11-12-7-3-5-9-14(12)18/h3-10,16-17H,2,11,20H2,1H3. The number of ether oxygens (including phenoxy) is 1. The molecule has 0 aliphatic carbocycles. The minimum atomic E-state index is -0.250. The normalized spacial score (nSPS) is 13.9. The molecule has 0 amide bonds. The summed E-state index contributed by atoms with van der Waals surface area (Å²) in [6.07, 6.45) is 0.554. The van der Waals surface area contributed by atoms with Gasteiger partial charge in [0.15, 0.2) is 0 Å². The lowest BCUT2D eigenvalue weighted by atomic mass is 10.0. The van der Waals surface area contributed by atoms with E-state index >= 15 is 0 Å². The quantitative estimate of drug-likeness (QED) is 0.812. The van der Waals surface area contributed by atoms with Crippen LogP contribution < -0.4 is 5.73 Å². The highest BCUT2D eigenvalue weighted by atomic mass is 35.5. The minimum Gasteiger partial charge on any atom is -0.367 e. The Hall–Kier alpha value is -1.06. The summed E-state index contributed by atoms with van der Waals surface area (Å²) in [6, 6.07) is 15.2. The van der Waals surface area contributed by atoms with Crippen molar-refractivity contribution in [3.8, 4) is 0 Å². The summed E-state index contributed by atoms with van der Waals surface area (Å²) in [4.78, 5) is 0. The van der Waals surface area contributed by atoms with E-state index in [1.807, 2.05) is 55.5 Å². The van der Waals surface area contributed by atoms with Crippen LogP contribution in [0.25, 0.3) is 0 Å². The predicted molar refractivity (Wildman–Crippen MR) is 88.7 cm³/mol. The largest absolute Gasteiger partial charge is 0.367 e. The van der Waals surface area contributed by atoms with Gasteiger partial charge in [0.25, 0.3) is 0 Å². The Bertz CT molecular complexity index is 589. The molecule has 2 aromatic carbocycles. The average molecular weight is 324 g/mol. The van der Waals surface area contributed by atoms with Crippen molar-refractivity contribution in [3.63, 3.8) is 0 Å². The first-order chi connectivity index (χ1) is 10.1. The Kier molecular flexibility index (Phi) is 6.07. The number of hydrogen-bond acceptors (Lipinski definition) is 2. The predicted octanol–water partition coefficient (Wildman–Crippen LogP) is 4.99. The molecule has 2 unspecified atom stereocenters. The van der Waals surface area contributed by atoms with Crippen LogP contribution in [0.5, 0.6) is 0 Å². The molecule has 0 fully saturated rings. The monoisotopic (exact) mass is 323 g/mol. The zero-order valence-electron chi connectivity index (χ0n) is 11.9. The molecular formula is C17H19Cl2NO. The van der Waals surface area contributed by atoms with Crippen molar-refractivity contribution < 1.29 is 4.74 Å². The molecule has 0 aliphatic rings. The molecule has 0 heterocycles. The first kappa shape index (κ1) is 16.3. The summed E-state index contributed by atoms with van der Waals surface area (Å²) < 4.78 is 6.03. The third kappa shape index (κ3) is 4.21. The third-order valence-electron chi connectivity index (χ3n) is 3.45. The van der Waals surface area contributed by atoms with Crippen molar-refractivity contribution in [1.29, 1.82) is 0 Å². The van der Waals surface area contributed by atoms with Crippen molar-refractivity contribution in [1.82, 2.24) is 0 Å². The number of benzene rings is 2. The van der Waals surface area contributed by atoms with Gasteiger partial charge in [-0.3, -0.25) is 0 Å². The van der Waals surface area contributed by atoms with E-state index in [0.29, 0.717) is 16.7 Å². The van der Waals surface area contributed by atoms with Crippen LogP contribution in [0.1, 0.15) is 30.6 Å². The highest BCUT2D eigenvalue weighted by Gasteiger charge is 2.21. The van der Waals surface area contributed by atoms with Gasteiger partial charge in [-0.15, -0.1) is 0 Å². The molecule has 21 heavy (non-hydrogen) atoms. The SMILES string of the molecule is CCC(N)C(OCc1ccccc1Cl)c1ccccc1Cl. The molecule has 2 N–H and O–H groups in total. The molecule has 2 aromatic rings. The van der Waals surface area contributed by atoms with E-state index in [2.05, 4.69) is 0 Å². The maximum Gasteiger partial charge on any atom is 0.0994 e. The highest BCUT2D eigenvalue weighted by molar-refractivity contribution is 6.31. The zero-order chi connectivity index (χ0) is 15.2. The van der Waals surface area contributed by atoms with Gasteiger partial charge < -0.3 is 10.5 Å². The number of rotatable bonds is 6. The molecule has 2 rings (SSSR count). The molecule has 112 valence electrons. The van der Waals surface area contributed by atoms with Crippen molar-refractivity contribution in [2.75, 3.05) is 0 Å². The molecular weight excluding hydrogens is 305 g/mol. The van der Waals surface area contributed by atoms with Gasteiger partial charge in [-0.2, -0.15) is 0 Å². The second-order valence-corrected chi connectivity index (χ2v) is 5.73. The Morgan fingerprint density at radius 2 is 1.62 bits per heavy atom. The van der Waals surface area contributed by atoms with E-state index in [4.69, 9.17) is 33.7 Å². The molecule has 4 heteroatoms. The third-order valence-corrected chi connectivity index (χ3v) is 4.16. The maximum absolute atomic E-state index is 6.27. The first-order valence-corrected chi connectivity index (χ1v) is 7.74. The van der Waals surface area contributed by atoms with Gasteiger partial charge in [0.2, 0.25) is 0 Å². The zero-order valence-corrected chi connectivity index (χ0v) is 13.4. The molecule has 2 atom stereocenters. The van der Waals surface area contributed by atoms with Crippen molar-refractivity contribution in [2.45, 2.75) is 32.1 Å². The van der Waals surface area contributed by atoms with Gasteiger partial charge in [-0.1, -0.05) is 66.5 Å². The van der Waals surface area contributed by atoms with Crippen LogP contribution in [0, 0.1) is 0 Å². The molecule has 0 aromatic heterocycles. The molecule has 0 aliphatic heterocycles. The lowest BCUT2D eigenvalue weighted by Gasteiger charge is -2.25. The number of nitrogens with two attached hydrogens (primary N) is 1. The second-order valence-electron chi connectivity index (χ2n) is 4.92. The fourth-order valence-corrected chi connectivity index (χ4v) is 2.59. The highest BCUT2D eigenvalue weighted by Crippen LogP contribution is 2.30. The molecule has 0 spiro atoms. The van der Waals surface area contributed by atoms with Gasteiger partial charge in [0.05, 0.1) is 12.7 Å². The molecule has 0 saturated heterocycles. The first-order valence-electron chi connectivity index (χ1n) is 6.98. The van der Waals surface area contributed by atoms with Gasteiger partial charge >= 0.3 is 0 Å². The lowest BCUT2D eigenvalue weighted by molar-refractivity contribution is 0.0214. The number of halogens is 2. The fourth-order valence-electron chi connectivity index (χ4n) is 2.16. The summed E-state index contributed by atoms with van der Waals surface area (Å²) in [5, 5.41) is 1.37. The van der Waals surface area contributed by atoms with Gasteiger partial charge in [0.1, 0.15) is 0 Å². The van der Waals surface area contributed by atoms with E-state index in [9.17, 15) is 0 Å². The minimum absolute atomic E-state index is 0.118. The van der Waals surface area contributed by atoms with Crippen molar-refractivity contribution in [3.05, 3.63) is 69.7 Å². The average Bonchev–Trinajstić information content (AvgIpc) is 2.50. The van der Waals surface area contributed by atoms with Crippen LogP contribution in [-0.2, 0) is 11.3 Å². The summed E-state index contributed by atoms with van der Waals surface area (Å²) >= 11 is 12.4. The summed E-state index contributed by atoms with van der Waals surface area (Å²) in [6.45, 7) is 2.44. The summed E-state index contributed by atoms with van der Waals surface area (Å²) in [7, 11) is 0. The van der Waals surface area contributed by atoms with E-state index in [1.54, 1.807) is 0 Å². The smallest absolute Gasteiger partial charge is 0.0994 e. The second kappa shape index (κ2) is 7.81. The van der Waals surface area contributed by atoms with Crippen LogP contribution in [0.2, 0.25) is 10.0 Å². The lowest BCUT2D eigenvalue weighted by Crippen LogP contribution is -2.29. The molecule has 2 nitrogen and oxygen atoms in total. The van der Waals surface area contributed by atoms with Crippen LogP contribution in [0.4, 0.5) is 0 Å². The maximum atomic E-state index is 6.27. The van der Waals surface area contributed by atoms with Crippen LogP contribution >= 0.6 is 23.2 Å². The van der Waals surface area contributed by atoms with Crippen LogP contribution in [0.3, 0.4) is 0 Å². The van der Waals surface area contributed by atoms with E-state index < -0.39 is 0 Å². The molecule has 0 bridgehead atoms. The topological polar surface area (TPSA) is 35.2 Å². The molecule has 0 radical (unpaired) electrons. The van der Waals surface area contributed by atoms with Crippen molar-refractivity contribution >= 4 is 23.2 Å². The Morgan fingerprint density at radius 1 is 1.00 bits per heavy atom. The van der Waals surface area contributed by atoms with Gasteiger partial charge in [-0.25, -0.2) is 0 Å². The summed E-state index contributed by atoms with van der Waals surface area (Å²) in [5.41, 5.74) is 8.06. The number of hydrogen-bond donors (Lipinski definition) is 1. The van der Waals surface area contributed by atoms with Crippen molar-refractivity contribution in [2.24, 2.45) is 5.73 Å².